The summed E-state index contributed by atoms with van der Waals surface area (Å²) < 4.78 is 5.93. The van der Waals surface area contributed by atoms with Crippen LogP contribution in [0.3, 0.4) is 0 Å². The molecule has 1 fully saturated rings. The predicted molar refractivity (Wildman–Crippen MR) is 116 cm³/mol. The number of benzene rings is 2. The maximum absolute atomic E-state index is 9.35. The van der Waals surface area contributed by atoms with E-state index in [0.29, 0.717) is 17.9 Å². The molecule has 0 N–H and O–H groups in total. The number of aryl methyl sites for hydroxylation is 1. The van der Waals surface area contributed by atoms with Crippen molar-refractivity contribution >= 4 is 0 Å². The van der Waals surface area contributed by atoms with Gasteiger partial charge in [-0.25, -0.2) is 0 Å². The SMILES string of the molecule is CCCC[C@H]1CC[C@H](c2ccc(COc3ccc(CC)cc3C#N)cc2)CC1. The van der Waals surface area contributed by atoms with Crippen LogP contribution in [0.15, 0.2) is 42.5 Å². The summed E-state index contributed by atoms with van der Waals surface area (Å²) in [5, 5.41) is 9.35. The molecule has 0 atom stereocenters. The molecule has 2 aromatic rings. The lowest BCUT2D eigenvalue weighted by molar-refractivity contribution is 0.302. The lowest BCUT2D eigenvalue weighted by Crippen LogP contribution is -2.13. The molecule has 1 saturated carbocycles. The van der Waals surface area contributed by atoms with Gasteiger partial charge in [0.15, 0.2) is 0 Å². The van der Waals surface area contributed by atoms with Gasteiger partial charge in [0.1, 0.15) is 18.4 Å². The Morgan fingerprint density at radius 2 is 1.68 bits per heavy atom. The maximum Gasteiger partial charge on any atom is 0.137 e. The first kappa shape index (κ1) is 20.5. The molecule has 0 saturated heterocycles. The van der Waals surface area contributed by atoms with Gasteiger partial charge >= 0.3 is 0 Å². The van der Waals surface area contributed by atoms with Crippen molar-refractivity contribution in [2.24, 2.45) is 5.92 Å². The molecule has 0 aliphatic heterocycles. The number of nitriles is 1. The van der Waals surface area contributed by atoms with Crippen LogP contribution in [0.2, 0.25) is 0 Å². The Labute approximate surface area is 170 Å². The molecule has 0 bridgehead atoms. The minimum Gasteiger partial charge on any atom is -0.488 e. The van der Waals surface area contributed by atoms with Gasteiger partial charge in [0.2, 0.25) is 0 Å². The molecule has 0 spiro atoms. The minimum absolute atomic E-state index is 0.504. The fraction of sp³-hybridized carbons (Fsp3) is 0.500. The summed E-state index contributed by atoms with van der Waals surface area (Å²) in [6, 6.07) is 17.1. The van der Waals surface area contributed by atoms with E-state index >= 15 is 0 Å². The third-order valence-electron chi connectivity index (χ3n) is 6.23. The largest absolute Gasteiger partial charge is 0.488 e. The van der Waals surface area contributed by atoms with Crippen LogP contribution in [-0.2, 0) is 13.0 Å². The average molecular weight is 376 g/mol. The Balaban J connectivity index is 1.53. The predicted octanol–water partition coefficient (Wildman–Crippen LogP) is 7.16. The second-order valence-corrected chi connectivity index (χ2v) is 8.19. The van der Waals surface area contributed by atoms with E-state index in [2.05, 4.69) is 44.2 Å². The quantitative estimate of drug-likeness (QED) is 0.490. The highest BCUT2D eigenvalue weighted by molar-refractivity contribution is 5.45. The number of hydrogen-bond donors (Lipinski definition) is 0. The summed E-state index contributed by atoms with van der Waals surface area (Å²) in [6.45, 7) is 4.89. The van der Waals surface area contributed by atoms with Crippen LogP contribution in [0, 0.1) is 17.2 Å². The summed E-state index contributed by atoms with van der Waals surface area (Å²) in [6.07, 6.45) is 10.5. The molecule has 148 valence electrons. The van der Waals surface area contributed by atoms with Crippen LogP contribution in [-0.4, -0.2) is 0 Å². The number of unbranched alkanes of at least 4 members (excludes halogenated alkanes) is 1. The molecule has 28 heavy (non-hydrogen) atoms. The molecule has 1 aliphatic rings. The van der Waals surface area contributed by atoms with Crippen molar-refractivity contribution in [3.8, 4) is 11.8 Å². The molecule has 0 radical (unpaired) electrons. The fourth-order valence-corrected chi connectivity index (χ4v) is 4.33. The Hall–Kier alpha value is -2.27. The third kappa shape index (κ3) is 5.38. The van der Waals surface area contributed by atoms with Gasteiger partial charge in [-0.2, -0.15) is 5.26 Å². The van der Waals surface area contributed by atoms with Gasteiger partial charge in [0.05, 0.1) is 5.56 Å². The van der Waals surface area contributed by atoms with Gasteiger partial charge in [-0.15, -0.1) is 0 Å². The molecule has 0 unspecified atom stereocenters. The topological polar surface area (TPSA) is 33.0 Å². The van der Waals surface area contributed by atoms with E-state index in [9.17, 15) is 5.26 Å². The van der Waals surface area contributed by atoms with E-state index in [-0.39, 0.29) is 0 Å². The summed E-state index contributed by atoms with van der Waals surface area (Å²) >= 11 is 0. The first-order chi connectivity index (χ1) is 13.7. The smallest absolute Gasteiger partial charge is 0.137 e. The van der Waals surface area contributed by atoms with Crippen molar-refractivity contribution in [2.75, 3.05) is 0 Å². The highest BCUT2D eigenvalue weighted by Crippen LogP contribution is 2.37. The van der Waals surface area contributed by atoms with Crippen molar-refractivity contribution < 1.29 is 4.74 Å². The number of rotatable bonds is 8. The van der Waals surface area contributed by atoms with Gasteiger partial charge in [-0.05, 0) is 72.8 Å². The fourth-order valence-electron chi connectivity index (χ4n) is 4.33. The van der Waals surface area contributed by atoms with Crippen molar-refractivity contribution in [1.29, 1.82) is 5.26 Å². The van der Waals surface area contributed by atoms with Gasteiger partial charge in [0.25, 0.3) is 0 Å². The molecule has 2 aromatic carbocycles. The maximum atomic E-state index is 9.35. The van der Waals surface area contributed by atoms with E-state index in [0.717, 1.165) is 29.4 Å². The summed E-state index contributed by atoms with van der Waals surface area (Å²) in [5.41, 5.74) is 4.42. The third-order valence-corrected chi connectivity index (χ3v) is 6.23. The lowest BCUT2D eigenvalue weighted by Gasteiger charge is -2.29. The summed E-state index contributed by atoms with van der Waals surface area (Å²) in [7, 11) is 0. The van der Waals surface area contributed by atoms with Gasteiger partial charge < -0.3 is 4.74 Å². The highest BCUT2D eigenvalue weighted by Gasteiger charge is 2.21. The zero-order valence-electron chi connectivity index (χ0n) is 17.4. The van der Waals surface area contributed by atoms with Gasteiger partial charge in [-0.3, -0.25) is 0 Å². The Morgan fingerprint density at radius 3 is 2.32 bits per heavy atom. The monoisotopic (exact) mass is 375 g/mol. The van der Waals surface area contributed by atoms with Crippen molar-refractivity contribution in [3.63, 3.8) is 0 Å². The standard InChI is InChI=1S/C26H33NO/c1-3-5-6-21-7-12-23(13-8-21)24-14-9-22(10-15-24)19-28-26-16-11-20(4-2)17-25(26)18-27/h9-11,14-17,21,23H,3-8,12-13,19H2,1-2H3/t21-,23-. The number of ether oxygens (including phenoxy) is 1. The van der Waals surface area contributed by atoms with Crippen molar-refractivity contribution in [1.82, 2.24) is 0 Å². The summed E-state index contributed by atoms with van der Waals surface area (Å²) in [4.78, 5) is 0. The number of nitrogens with zero attached hydrogens (tertiary/aromatic N) is 1. The Kier molecular flexibility index (Phi) is 7.54. The highest BCUT2D eigenvalue weighted by atomic mass is 16.5. The first-order valence-electron chi connectivity index (χ1n) is 11.0. The van der Waals surface area contributed by atoms with Gasteiger partial charge in [-0.1, -0.05) is 63.4 Å². The van der Waals surface area contributed by atoms with Crippen LogP contribution in [0.4, 0.5) is 0 Å². The van der Waals surface area contributed by atoms with E-state index in [1.807, 2.05) is 18.2 Å². The zero-order chi connectivity index (χ0) is 19.8. The van der Waals surface area contributed by atoms with Crippen LogP contribution in [0.25, 0.3) is 0 Å². The molecule has 2 nitrogen and oxygen atoms in total. The van der Waals surface area contributed by atoms with E-state index in [4.69, 9.17) is 4.74 Å². The van der Waals surface area contributed by atoms with Gasteiger partial charge in [0, 0.05) is 0 Å². The summed E-state index contributed by atoms with van der Waals surface area (Å²) in [5.74, 6) is 2.35. The van der Waals surface area contributed by atoms with E-state index in [1.54, 1.807) is 0 Å². The van der Waals surface area contributed by atoms with Crippen LogP contribution in [0.5, 0.6) is 5.75 Å². The van der Waals surface area contributed by atoms with Crippen molar-refractivity contribution in [2.45, 2.75) is 77.7 Å². The van der Waals surface area contributed by atoms with Crippen LogP contribution >= 0.6 is 0 Å². The van der Waals surface area contributed by atoms with E-state index < -0.39 is 0 Å². The zero-order valence-corrected chi connectivity index (χ0v) is 17.4. The lowest BCUT2D eigenvalue weighted by atomic mass is 9.77. The van der Waals surface area contributed by atoms with Crippen LogP contribution in [0.1, 0.15) is 87.0 Å². The molecule has 0 heterocycles. The minimum atomic E-state index is 0.504. The normalized spacial score (nSPS) is 19.2. The molecular formula is C26H33NO. The molecule has 2 heteroatoms. The molecule has 0 amide bonds. The first-order valence-corrected chi connectivity index (χ1v) is 11.0. The number of hydrogen-bond acceptors (Lipinski definition) is 2. The Bertz CT molecular complexity index is 779. The molecule has 0 aromatic heterocycles. The molecule has 3 rings (SSSR count). The van der Waals surface area contributed by atoms with Crippen molar-refractivity contribution in [3.05, 3.63) is 64.7 Å². The molecule has 1 aliphatic carbocycles. The Morgan fingerprint density at radius 1 is 0.964 bits per heavy atom. The second-order valence-electron chi connectivity index (χ2n) is 8.19. The van der Waals surface area contributed by atoms with E-state index in [1.165, 1.54) is 50.5 Å². The second kappa shape index (κ2) is 10.3. The van der Waals surface area contributed by atoms with Crippen LogP contribution < -0.4 is 4.74 Å². The average Bonchev–Trinajstić information content (AvgIpc) is 2.77. The molecular weight excluding hydrogens is 342 g/mol.